The largest absolute Gasteiger partial charge is 1.00 e. The zero-order valence-corrected chi connectivity index (χ0v) is 17.4. The monoisotopic (exact) mass is 322 g/mol. The van der Waals surface area contributed by atoms with E-state index >= 15 is 0 Å². The molecule has 128 valence electrons. The van der Waals surface area contributed by atoms with Crippen molar-refractivity contribution in [3.8, 4) is 0 Å². The molecule has 0 amide bonds. The van der Waals surface area contributed by atoms with E-state index in [0.717, 1.165) is 12.8 Å². The van der Waals surface area contributed by atoms with Crippen molar-refractivity contribution < 1.29 is 40.9 Å². The van der Waals surface area contributed by atoms with Gasteiger partial charge in [0.05, 0.1) is 0 Å². The molecule has 0 bridgehead atoms. The quantitative estimate of drug-likeness (QED) is 0.326. The van der Waals surface area contributed by atoms with Crippen molar-refractivity contribution in [2.45, 2.75) is 116 Å². The molecule has 0 unspecified atom stereocenters. The van der Waals surface area contributed by atoms with Crippen LogP contribution in [0.25, 0.3) is 0 Å². The Kier molecular flexibility index (Phi) is 24.1. The Labute approximate surface area is 162 Å². The van der Waals surface area contributed by atoms with Crippen molar-refractivity contribution in [1.82, 2.24) is 0 Å². The molecule has 0 aliphatic rings. The molecule has 3 heteroatoms. The molecular formula is C19H39NaO2. The molecule has 1 N–H and O–H groups in total. The molecule has 0 heterocycles. The second-order valence-corrected chi connectivity index (χ2v) is 6.45. The first-order valence-electron chi connectivity index (χ1n) is 9.49. The fourth-order valence-electron chi connectivity index (χ4n) is 2.82. The van der Waals surface area contributed by atoms with E-state index in [-0.39, 0.29) is 31.0 Å². The fourth-order valence-corrected chi connectivity index (χ4v) is 2.82. The summed E-state index contributed by atoms with van der Waals surface area (Å²) in [5, 5.41) is 8.53. The zero-order valence-electron chi connectivity index (χ0n) is 16.4. The number of carboxylic acid groups (broad SMARTS) is 1. The van der Waals surface area contributed by atoms with Crippen LogP contribution in [0.5, 0.6) is 0 Å². The van der Waals surface area contributed by atoms with E-state index in [0.29, 0.717) is 6.42 Å². The van der Waals surface area contributed by atoms with E-state index in [9.17, 15) is 4.79 Å². The van der Waals surface area contributed by atoms with Crippen LogP contribution in [-0.2, 0) is 4.79 Å². The molecule has 0 aromatic heterocycles. The van der Waals surface area contributed by atoms with Gasteiger partial charge in [-0.25, -0.2) is 0 Å². The first kappa shape index (κ1) is 24.7. The maximum absolute atomic E-state index is 10.3. The van der Waals surface area contributed by atoms with Crippen LogP contribution in [0.1, 0.15) is 118 Å². The van der Waals surface area contributed by atoms with E-state index in [4.69, 9.17) is 5.11 Å². The summed E-state index contributed by atoms with van der Waals surface area (Å²) in [5.41, 5.74) is 0. The van der Waals surface area contributed by atoms with Crippen molar-refractivity contribution in [2.75, 3.05) is 0 Å². The van der Waals surface area contributed by atoms with Crippen molar-refractivity contribution in [3.05, 3.63) is 0 Å². The molecule has 0 saturated carbocycles. The van der Waals surface area contributed by atoms with Crippen LogP contribution in [0.2, 0.25) is 0 Å². The Bertz CT molecular complexity index is 225. The van der Waals surface area contributed by atoms with Gasteiger partial charge in [-0.2, -0.15) is 0 Å². The smallest absolute Gasteiger partial charge is 1.00 e. The van der Waals surface area contributed by atoms with Crippen molar-refractivity contribution in [2.24, 2.45) is 0 Å². The predicted molar refractivity (Wildman–Crippen MR) is 92.9 cm³/mol. The van der Waals surface area contributed by atoms with E-state index in [1.54, 1.807) is 0 Å². The van der Waals surface area contributed by atoms with Gasteiger partial charge in [-0.3, -0.25) is 4.79 Å². The average molecular weight is 323 g/mol. The van der Waals surface area contributed by atoms with Gasteiger partial charge in [-0.05, 0) is 6.42 Å². The van der Waals surface area contributed by atoms with Gasteiger partial charge in [0.2, 0.25) is 0 Å². The van der Waals surface area contributed by atoms with Gasteiger partial charge in [-0.15, -0.1) is 0 Å². The standard InChI is InChI=1S/C19H38O2.Na.H/c1-2-3-4-5-6-7-8-9-10-11-12-13-14-15-16-17-18-19(20)21;;/h2-18H2,1H3,(H,20,21);;/q;+1;-1. The van der Waals surface area contributed by atoms with Gasteiger partial charge in [0.15, 0.2) is 0 Å². The molecule has 0 aromatic rings. The summed E-state index contributed by atoms with van der Waals surface area (Å²) < 4.78 is 0. The maximum atomic E-state index is 10.3. The first-order chi connectivity index (χ1) is 10.3. The molecular weight excluding hydrogens is 283 g/mol. The van der Waals surface area contributed by atoms with E-state index in [1.807, 2.05) is 0 Å². The molecule has 0 saturated heterocycles. The number of aliphatic carboxylic acids is 1. The van der Waals surface area contributed by atoms with Crippen LogP contribution in [0.15, 0.2) is 0 Å². The number of hydrogen-bond acceptors (Lipinski definition) is 1. The van der Waals surface area contributed by atoms with E-state index in [2.05, 4.69) is 6.92 Å². The second kappa shape index (κ2) is 21.5. The summed E-state index contributed by atoms with van der Waals surface area (Å²) in [5.74, 6) is -0.652. The molecule has 0 fully saturated rings. The normalized spacial score (nSPS) is 10.4. The van der Waals surface area contributed by atoms with Crippen LogP contribution < -0.4 is 29.6 Å². The van der Waals surface area contributed by atoms with Crippen LogP contribution in [-0.4, -0.2) is 11.1 Å². The Balaban J connectivity index is -0.00000200. The molecule has 22 heavy (non-hydrogen) atoms. The Morgan fingerprint density at radius 2 is 0.909 bits per heavy atom. The number of rotatable bonds is 17. The van der Waals surface area contributed by atoms with Crippen LogP contribution in [0.4, 0.5) is 0 Å². The average Bonchev–Trinajstić information content (AvgIpc) is 2.46. The summed E-state index contributed by atoms with van der Waals surface area (Å²) in [4.78, 5) is 10.3. The van der Waals surface area contributed by atoms with Crippen LogP contribution >= 0.6 is 0 Å². The van der Waals surface area contributed by atoms with Crippen LogP contribution in [0.3, 0.4) is 0 Å². The summed E-state index contributed by atoms with van der Waals surface area (Å²) in [7, 11) is 0. The fraction of sp³-hybridized carbons (Fsp3) is 0.947. The van der Waals surface area contributed by atoms with Gasteiger partial charge >= 0.3 is 35.5 Å². The van der Waals surface area contributed by atoms with Crippen LogP contribution in [0, 0.1) is 0 Å². The van der Waals surface area contributed by atoms with Crippen molar-refractivity contribution in [1.29, 1.82) is 0 Å². The van der Waals surface area contributed by atoms with Gasteiger partial charge in [0.25, 0.3) is 0 Å². The Morgan fingerprint density at radius 1 is 0.636 bits per heavy atom. The summed E-state index contributed by atoms with van der Waals surface area (Å²) in [6.07, 6.45) is 21.7. The molecule has 0 aliphatic heterocycles. The third kappa shape index (κ3) is 22.7. The van der Waals surface area contributed by atoms with Gasteiger partial charge in [-0.1, -0.05) is 103 Å². The van der Waals surface area contributed by atoms with E-state index < -0.39 is 5.97 Å². The number of carboxylic acids is 1. The molecule has 2 nitrogen and oxygen atoms in total. The minimum atomic E-state index is -0.652. The second-order valence-electron chi connectivity index (χ2n) is 6.45. The minimum absolute atomic E-state index is 0. The Morgan fingerprint density at radius 3 is 1.18 bits per heavy atom. The first-order valence-corrected chi connectivity index (χ1v) is 9.49. The third-order valence-electron chi connectivity index (χ3n) is 4.24. The SMILES string of the molecule is CCCCCCCCCCCCCCCCCCC(=O)O.[H-].[Na+]. The van der Waals surface area contributed by atoms with E-state index in [1.165, 1.54) is 89.9 Å². The zero-order chi connectivity index (χ0) is 15.6. The number of hydrogen-bond donors (Lipinski definition) is 1. The molecule has 0 atom stereocenters. The van der Waals surface area contributed by atoms with Gasteiger partial charge < -0.3 is 6.53 Å². The molecule has 0 rings (SSSR count). The topological polar surface area (TPSA) is 37.3 Å². The molecule has 0 aromatic carbocycles. The van der Waals surface area contributed by atoms with Crippen molar-refractivity contribution in [3.63, 3.8) is 0 Å². The summed E-state index contributed by atoms with van der Waals surface area (Å²) in [6.45, 7) is 2.27. The van der Waals surface area contributed by atoms with Gasteiger partial charge in [0, 0.05) is 6.42 Å². The Hall–Kier alpha value is 0.470. The summed E-state index contributed by atoms with van der Waals surface area (Å²) in [6, 6.07) is 0. The molecule has 0 spiro atoms. The maximum Gasteiger partial charge on any atom is 1.00 e. The molecule has 0 aliphatic carbocycles. The molecule has 0 radical (unpaired) electrons. The van der Waals surface area contributed by atoms with Gasteiger partial charge in [0.1, 0.15) is 0 Å². The minimum Gasteiger partial charge on any atom is -1.00 e. The van der Waals surface area contributed by atoms with Crippen molar-refractivity contribution >= 4 is 5.97 Å². The number of unbranched alkanes of at least 4 members (excludes halogenated alkanes) is 15. The third-order valence-corrected chi connectivity index (χ3v) is 4.24. The summed E-state index contributed by atoms with van der Waals surface area (Å²) >= 11 is 0. The predicted octanol–water partition coefficient (Wildman–Crippen LogP) is 3.84. The number of carbonyl (C=O) groups is 1.